The number of rotatable bonds is 5. The lowest BCUT2D eigenvalue weighted by Crippen LogP contribution is -2.28. The van der Waals surface area contributed by atoms with Crippen LogP contribution in [0.4, 0.5) is 0 Å². The number of nitrogens with one attached hydrogen (secondary N) is 1. The highest BCUT2D eigenvalue weighted by molar-refractivity contribution is 5.89. The first-order valence-corrected chi connectivity index (χ1v) is 6.12. The van der Waals surface area contributed by atoms with Gasteiger partial charge in [-0.2, -0.15) is 5.10 Å². The third-order valence-electron chi connectivity index (χ3n) is 2.59. The maximum Gasteiger partial charge on any atom is 0.359 e. The summed E-state index contributed by atoms with van der Waals surface area (Å²) >= 11 is 0. The van der Waals surface area contributed by atoms with Crippen molar-refractivity contribution < 1.29 is 14.3 Å². The van der Waals surface area contributed by atoms with Gasteiger partial charge in [0.2, 0.25) is 0 Å². The summed E-state index contributed by atoms with van der Waals surface area (Å²) in [7, 11) is 1.70. The van der Waals surface area contributed by atoms with Crippen molar-refractivity contribution in [1.82, 2.24) is 15.1 Å². The summed E-state index contributed by atoms with van der Waals surface area (Å²) in [6.07, 6.45) is 1.63. The third-order valence-corrected chi connectivity index (χ3v) is 2.59. The highest BCUT2D eigenvalue weighted by atomic mass is 16.5. The molecular formula is C14H15N3O3. The zero-order valence-corrected chi connectivity index (χ0v) is 11.1. The van der Waals surface area contributed by atoms with E-state index in [1.807, 2.05) is 30.3 Å². The molecule has 0 saturated heterocycles. The number of carbonyl (C=O) groups is 2. The van der Waals surface area contributed by atoms with Crippen LogP contribution in [0.2, 0.25) is 0 Å². The Hall–Kier alpha value is -2.63. The van der Waals surface area contributed by atoms with Crippen molar-refractivity contribution >= 4 is 11.9 Å². The lowest BCUT2D eigenvalue weighted by Gasteiger charge is -2.05. The number of hydrogen-bond acceptors (Lipinski definition) is 4. The fourth-order valence-electron chi connectivity index (χ4n) is 1.58. The Balaban J connectivity index is 1.74. The molecule has 1 aromatic carbocycles. The van der Waals surface area contributed by atoms with Crippen LogP contribution in [0.3, 0.4) is 0 Å². The topological polar surface area (TPSA) is 73.2 Å². The Morgan fingerprint density at radius 1 is 1.25 bits per heavy atom. The molecule has 0 aliphatic carbocycles. The summed E-state index contributed by atoms with van der Waals surface area (Å²) in [5.41, 5.74) is 1.17. The van der Waals surface area contributed by atoms with Crippen LogP contribution in [0.5, 0.6) is 0 Å². The normalized spacial score (nSPS) is 10.1. The highest BCUT2D eigenvalue weighted by Gasteiger charge is 2.12. The molecule has 2 rings (SSSR count). The van der Waals surface area contributed by atoms with Crippen LogP contribution in [-0.4, -0.2) is 28.3 Å². The average molecular weight is 273 g/mol. The van der Waals surface area contributed by atoms with E-state index in [1.54, 1.807) is 13.2 Å². The molecule has 0 aliphatic heterocycles. The Bertz CT molecular complexity index is 593. The first kappa shape index (κ1) is 13.8. The Morgan fingerprint density at radius 2 is 2.00 bits per heavy atom. The van der Waals surface area contributed by atoms with E-state index in [2.05, 4.69) is 10.4 Å². The fraction of sp³-hybridized carbons (Fsp3) is 0.214. The van der Waals surface area contributed by atoms with Crippen LogP contribution in [0.1, 0.15) is 16.1 Å². The van der Waals surface area contributed by atoms with E-state index in [1.165, 1.54) is 10.7 Å². The summed E-state index contributed by atoms with van der Waals surface area (Å²) in [5.74, 6) is -0.960. The predicted octanol–water partition coefficient (Wildman–Crippen LogP) is 0.893. The minimum Gasteiger partial charge on any atom is -0.451 e. The van der Waals surface area contributed by atoms with Crippen molar-refractivity contribution in [2.75, 3.05) is 6.61 Å². The SMILES string of the molecule is Cn1ccc(C(=O)OCC(=O)NCc2ccccc2)n1. The molecule has 1 aromatic heterocycles. The van der Waals surface area contributed by atoms with E-state index in [9.17, 15) is 9.59 Å². The van der Waals surface area contributed by atoms with Gasteiger partial charge in [0.1, 0.15) is 0 Å². The van der Waals surface area contributed by atoms with Gasteiger partial charge in [0, 0.05) is 19.8 Å². The second kappa shape index (κ2) is 6.51. The van der Waals surface area contributed by atoms with E-state index in [-0.39, 0.29) is 18.2 Å². The number of carbonyl (C=O) groups excluding carboxylic acids is 2. The van der Waals surface area contributed by atoms with Crippen molar-refractivity contribution in [1.29, 1.82) is 0 Å². The van der Waals surface area contributed by atoms with E-state index < -0.39 is 5.97 Å². The molecule has 104 valence electrons. The number of nitrogens with zero attached hydrogens (tertiary/aromatic N) is 2. The maximum absolute atomic E-state index is 11.6. The number of hydrogen-bond donors (Lipinski definition) is 1. The monoisotopic (exact) mass is 273 g/mol. The van der Waals surface area contributed by atoms with Crippen LogP contribution < -0.4 is 5.32 Å². The molecular weight excluding hydrogens is 258 g/mol. The fourth-order valence-corrected chi connectivity index (χ4v) is 1.58. The van der Waals surface area contributed by atoms with Crippen LogP contribution in [0.25, 0.3) is 0 Å². The average Bonchev–Trinajstić information content (AvgIpc) is 2.90. The van der Waals surface area contributed by atoms with Gasteiger partial charge >= 0.3 is 5.97 Å². The predicted molar refractivity (Wildman–Crippen MR) is 71.8 cm³/mol. The molecule has 6 heteroatoms. The van der Waals surface area contributed by atoms with Gasteiger partial charge in [-0.3, -0.25) is 9.48 Å². The lowest BCUT2D eigenvalue weighted by atomic mass is 10.2. The van der Waals surface area contributed by atoms with Crippen molar-refractivity contribution in [2.45, 2.75) is 6.54 Å². The summed E-state index contributed by atoms with van der Waals surface area (Å²) in [4.78, 5) is 23.1. The summed E-state index contributed by atoms with van der Waals surface area (Å²) in [6.45, 7) is 0.0864. The number of benzene rings is 1. The molecule has 1 amide bonds. The minimum atomic E-state index is -0.611. The van der Waals surface area contributed by atoms with Crippen molar-refractivity contribution in [3.8, 4) is 0 Å². The maximum atomic E-state index is 11.6. The zero-order valence-electron chi connectivity index (χ0n) is 11.1. The highest BCUT2D eigenvalue weighted by Crippen LogP contribution is 1.98. The van der Waals surface area contributed by atoms with E-state index >= 15 is 0 Å². The van der Waals surface area contributed by atoms with E-state index in [0.717, 1.165) is 5.56 Å². The molecule has 0 radical (unpaired) electrons. The molecule has 0 fully saturated rings. The summed E-state index contributed by atoms with van der Waals surface area (Å²) in [6, 6.07) is 11.0. The van der Waals surface area contributed by atoms with Crippen molar-refractivity contribution in [3.63, 3.8) is 0 Å². The van der Waals surface area contributed by atoms with E-state index in [4.69, 9.17) is 4.74 Å². The molecule has 0 aliphatic rings. The lowest BCUT2D eigenvalue weighted by molar-refractivity contribution is -0.124. The molecule has 2 aromatic rings. The second-order valence-electron chi connectivity index (χ2n) is 4.21. The molecule has 1 heterocycles. The van der Waals surface area contributed by atoms with Gasteiger partial charge in [0.15, 0.2) is 12.3 Å². The standard InChI is InChI=1S/C14H15N3O3/c1-17-8-7-12(16-17)14(19)20-10-13(18)15-9-11-5-3-2-4-6-11/h2-8H,9-10H2,1H3,(H,15,18). The zero-order chi connectivity index (χ0) is 14.4. The minimum absolute atomic E-state index is 0.184. The molecule has 0 atom stereocenters. The van der Waals surface area contributed by atoms with Gasteiger partial charge in [-0.1, -0.05) is 30.3 Å². The van der Waals surface area contributed by atoms with E-state index in [0.29, 0.717) is 6.54 Å². The number of aryl methyl sites for hydroxylation is 1. The molecule has 0 bridgehead atoms. The van der Waals surface area contributed by atoms with Gasteiger partial charge in [0.05, 0.1) is 0 Å². The molecule has 0 spiro atoms. The quantitative estimate of drug-likeness (QED) is 0.821. The first-order valence-electron chi connectivity index (χ1n) is 6.12. The Labute approximate surface area is 116 Å². The first-order chi connectivity index (χ1) is 9.65. The van der Waals surface area contributed by atoms with Gasteiger partial charge in [0.25, 0.3) is 5.91 Å². The van der Waals surface area contributed by atoms with Crippen LogP contribution in [-0.2, 0) is 23.1 Å². The van der Waals surface area contributed by atoms with Crippen LogP contribution >= 0.6 is 0 Å². The van der Waals surface area contributed by atoms with Crippen molar-refractivity contribution in [3.05, 3.63) is 53.9 Å². The van der Waals surface area contributed by atoms with Crippen LogP contribution in [0.15, 0.2) is 42.6 Å². The third kappa shape index (κ3) is 3.94. The van der Waals surface area contributed by atoms with Gasteiger partial charge in [-0.05, 0) is 11.6 Å². The number of aromatic nitrogens is 2. The number of amides is 1. The molecule has 1 N–H and O–H groups in total. The summed E-state index contributed by atoms with van der Waals surface area (Å²) in [5, 5.41) is 6.56. The van der Waals surface area contributed by atoms with Gasteiger partial charge in [-0.15, -0.1) is 0 Å². The van der Waals surface area contributed by atoms with Gasteiger partial charge < -0.3 is 10.1 Å². The summed E-state index contributed by atoms with van der Waals surface area (Å²) < 4.78 is 6.36. The largest absolute Gasteiger partial charge is 0.451 e. The van der Waals surface area contributed by atoms with Crippen LogP contribution in [0, 0.1) is 0 Å². The molecule has 6 nitrogen and oxygen atoms in total. The Kier molecular flexibility index (Phi) is 4.49. The number of ether oxygens (including phenoxy) is 1. The molecule has 20 heavy (non-hydrogen) atoms. The molecule has 0 unspecified atom stereocenters. The Morgan fingerprint density at radius 3 is 2.65 bits per heavy atom. The molecule has 0 saturated carbocycles. The smallest absolute Gasteiger partial charge is 0.359 e. The van der Waals surface area contributed by atoms with Gasteiger partial charge in [-0.25, -0.2) is 4.79 Å². The number of esters is 1. The second-order valence-corrected chi connectivity index (χ2v) is 4.21. The van der Waals surface area contributed by atoms with Crippen molar-refractivity contribution in [2.24, 2.45) is 7.05 Å².